The Balaban J connectivity index is 0.00000158. The standard InChI is InChI=1S/C26H34N4O2.C2H6/c1-18-7-6-13-29(14-12-19(18)2)21-9-11-25-27-22(16-26(31)30(25)17-21)20-8-10-24(32-5)23(15-20)28(3)4;1-2/h8-11,15-19H,6-7,12-14H2,1-5H3;1-2H3. The monoisotopic (exact) mass is 464 g/mol. The van der Waals surface area contributed by atoms with Crippen molar-refractivity contribution in [2.24, 2.45) is 11.8 Å². The third kappa shape index (κ3) is 5.54. The van der Waals surface area contributed by atoms with Gasteiger partial charge in [-0.3, -0.25) is 9.20 Å². The molecule has 3 aromatic rings. The maximum absolute atomic E-state index is 13.0. The zero-order chi connectivity index (χ0) is 24.8. The van der Waals surface area contributed by atoms with Gasteiger partial charge in [-0.2, -0.15) is 0 Å². The Labute approximate surface area is 204 Å². The van der Waals surface area contributed by atoms with Crippen molar-refractivity contribution in [3.63, 3.8) is 0 Å². The number of anilines is 2. The first-order valence-electron chi connectivity index (χ1n) is 12.5. The third-order valence-electron chi connectivity index (χ3n) is 6.88. The number of benzene rings is 1. The number of hydrogen-bond donors (Lipinski definition) is 0. The Morgan fingerprint density at radius 2 is 1.74 bits per heavy atom. The van der Waals surface area contributed by atoms with Crippen molar-refractivity contribution in [2.75, 3.05) is 44.1 Å². The highest BCUT2D eigenvalue weighted by Gasteiger charge is 2.19. The predicted octanol–water partition coefficient (Wildman–Crippen LogP) is 5.72. The molecule has 4 rings (SSSR count). The molecule has 1 aliphatic rings. The van der Waals surface area contributed by atoms with Gasteiger partial charge in [0.25, 0.3) is 5.56 Å². The molecule has 0 aliphatic carbocycles. The van der Waals surface area contributed by atoms with Crippen LogP contribution >= 0.6 is 0 Å². The first kappa shape index (κ1) is 25.6. The fourth-order valence-electron chi connectivity index (χ4n) is 4.53. The molecule has 34 heavy (non-hydrogen) atoms. The second-order valence-corrected chi connectivity index (χ2v) is 9.25. The van der Waals surface area contributed by atoms with Crippen molar-refractivity contribution in [1.82, 2.24) is 9.38 Å². The quantitative estimate of drug-likeness (QED) is 0.494. The average molecular weight is 465 g/mol. The minimum atomic E-state index is -0.0666. The Bertz CT molecular complexity index is 1150. The lowest BCUT2D eigenvalue weighted by Gasteiger charge is -2.31. The topological polar surface area (TPSA) is 50.1 Å². The molecule has 2 unspecified atom stereocenters. The van der Waals surface area contributed by atoms with E-state index in [1.807, 2.05) is 63.3 Å². The highest BCUT2D eigenvalue weighted by Crippen LogP contribution is 2.32. The Morgan fingerprint density at radius 1 is 1.00 bits per heavy atom. The van der Waals surface area contributed by atoms with E-state index < -0.39 is 0 Å². The summed E-state index contributed by atoms with van der Waals surface area (Å²) < 4.78 is 7.13. The molecule has 0 bridgehead atoms. The second-order valence-electron chi connectivity index (χ2n) is 9.25. The zero-order valence-corrected chi connectivity index (χ0v) is 21.8. The van der Waals surface area contributed by atoms with E-state index in [2.05, 4.69) is 24.8 Å². The number of aromatic nitrogens is 2. The highest BCUT2D eigenvalue weighted by atomic mass is 16.5. The molecule has 0 spiro atoms. The lowest BCUT2D eigenvalue weighted by Crippen LogP contribution is -2.31. The molecule has 0 saturated carbocycles. The maximum atomic E-state index is 13.0. The van der Waals surface area contributed by atoms with Crippen molar-refractivity contribution in [3.05, 3.63) is 52.9 Å². The third-order valence-corrected chi connectivity index (χ3v) is 6.88. The number of fused-ring (bicyclic) bond motifs is 1. The van der Waals surface area contributed by atoms with Gasteiger partial charge in [-0.25, -0.2) is 4.98 Å². The van der Waals surface area contributed by atoms with Gasteiger partial charge in [0, 0.05) is 45.0 Å². The van der Waals surface area contributed by atoms with Gasteiger partial charge in [0.15, 0.2) is 0 Å². The van der Waals surface area contributed by atoms with Crippen LogP contribution in [0.25, 0.3) is 16.9 Å². The van der Waals surface area contributed by atoms with Crippen molar-refractivity contribution in [2.45, 2.75) is 47.0 Å². The van der Waals surface area contributed by atoms with Crippen LogP contribution in [0.15, 0.2) is 47.4 Å². The van der Waals surface area contributed by atoms with Gasteiger partial charge < -0.3 is 14.5 Å². The van der Waals surface area contributed by atoms with E-state index in [9.17, 15) is 4.79 Å². The highest BCUT2D eigenvalue weighted by molar-refractivity contribution is 5.71. The van der Waals surface area contributed by atoms with Gasteiger partial charge in [-0.1, -0.05) is 27.7 Å². The summed E-state index contributed by atoms with van der Waals surface area (Å²) in [5.41, 5.74) is 4.20. The van der Waals surface area contributed by atoms with E-state index in [0.717, 1.165) is 47.6 Å². The molecule has 3 heterocycles. The molecule has 1 saturated heterocycles. The molecule has 184 valence electrons. The number of methoxy groups -OCH3 is 1. The molecule has 0 N–H and O–H groups in total. The molecule has 0 amide bonds. The van der Waals surface area contributed by atoms with Crippen LogP contribution in [-0.4, -0.2) is 43.7 Å². The summed E-state index contributed by atoms with van der Waals surface area (Å²) in [4.78, 5) is 22.2. The molecule has 1 aliphatic heterocycles. The van der Waals surface area contributed by atoms with Crippen molar-refractivity contribution in [3.8, 4) is 17.0 Å². The number of nitrogens with zero attached hydrogens (tertiary/aromatic N) is 4. The number of hydrogen-bond acceptors (Lipinski definition) is 5. The predicted molar refractivity (Wildman–Crippen MR) is 144 cm³/mol. The van der Waals surface area contributed by atoms with Crippen molar-refractivity contribution < 1.29 is 4.74 Å². The first-order valence-corrected chi connectivity index (χ1v) is 12.5. The number of rotatable bonds is 4. The first-order chi connectivity index (χ1) is 16.4. The Morgan fingerprint density at radius 3 is 2.44 bits per heavy atom. The zero-order valence-electron chi connectivity index (χ0n) is 21.8. The largest absolute Gasteiger partial charge is 0.495 e. The molecule has 6 heteroatoms. The summed E-state index contributed by atoms with van der Waals surface area (Å²) in [6.45, 7) is 10.8. The summed E-state index contributed by atoms with van der Waals surface area (Å²) in [6, 6.07) is 11.5. The lowest BCUT2D eigenvalue weighted by atomic mass is 9.87. The molecule has 1 fully saturated rings. The second kappa shape index (κ2) is 11.4. The summed E-state index contributed by atoms with van der Waals surface area (Å²) in [7, 11) is 5.60. The Kier molecular flexibility index (Phi) is 8.59. The number of pyridine rings is 1. The molecule has 2 aromatic heterocycles. The fraction of sp³-hybridized carbons (Fsp3) is 0.500. The van der Waals surface area contributed by atoms with E-state index in [0.29, 0.717) is 11.3 Å². The smallest absolute Gasteiger partial charge is 0.258 e. The lowest BCUT2D eigenvalue weighted by molar-refractivity contribution is 0.322. The normalized spacial score (nSPS) is 18.5. The van der Waals surface area contributed by atoms with Crippen LogP contribution in [0.1, 0.15) is 47.0 Å². The van der Waals surface area contributed by atoms with Crippen LogP contribution in [0.3, 0.4) is 0 Å². The summed E-state index contributed by atoms with van der Waals surface area (Å²) in [5, 5.41) is 0. The van der Waals surface area contributed by atoms with Gasteiger partial charge in [0.1, 0.15) is 11.4 Å². The van der Waals surface area contributed by atoms with Crippen molar-refractivity contribution in [1.29, 1.82) is 0 Å². The summed E-state index contributed by atoms with van der Waals surface area (Å²) in [5.74, 6) is 2.30. The molecule has 6 nitrogen and oxygen atoms in total. The van der Waals surface area contributed by atoms with Gasteiger partial charge in [0.05, 0.1) is 24.2 Å². The van der Waals surface area contributed by atoms with Crippen LogP contribution in [0, 0.1) is 11.8 Å². The van der Waals surface area contributed by atoms with Crippen LogP contribution in [-0.2, 0) is 0 Å². The van der Waals surface area contributed by atoms with Gasteiger partial charge in [-0.15, -0.1) is 0 Å². The molecule has 1 aromatic carbocycles. The fourth-order valence-corrected chi connectivity index (χ4v) is 4.53. The van der Waals surface area contributed by atoms with Crippen LogP contribution in [0.4, 0.5) is 11.4 Å². The van der Waals surface area contributed by atoms with E-state index >= 15 is 0 Å². The van der Waals surface area contributed by atoms with Gasteiger partial charge >= 0.3 is 0 Å². The summed E-state index contributed by atoms with van der Waals surface area (Å²) >= 11 is 0. The van der Waals surface area contributed by atoms with Crippen LogP contribution in [0.5, 0.6) is 5.75 Å². The van der Waals surface area contributed by atoms with E-state index in [4.69, 9.17) is 9.72 Å². The van der Waals surface area contributed by atoms with E-state index in [-0.39, 0.29) is 5.56 Å². The maximum Gasteiger partial charge on any atom is 0.258 e. The van der Waals surface area contributed by atoms with Gasteiger partial charge in [0.2, 0.25) is 0 Å². The average Bonchev–Trinajstić information content (AvgIpc) is 2.85. The van der Waals surface area contributed by atoms with Crippen molar-refractivity contribution >= 4 is 17.0 Å². The van der Waals surface area contributed by atoms with E-state index in [1.165, 1.54) is 19.3 Å². The Hall–Kier alpha value is -3.02. The van der Waals surface area contributed by atoms with Crippen LogP contribution in [0.2, 0.25) is 0 Å². The molecular weight excluding hydrogens is 424 g/mol. The van der Waals surface area contributed by atoms with Gasteiger partial charge in [-0.05, 0) is 61.4 Å². The number of ether oxygens (including phenoxy) is 1. The SMILES string of the molecule is CC.COc1ccc(-c2cc(=O)n3cc(N4CCCC(C)C(C)CC4)ccc3n2)cc1N(C)C. The summed E-state index contributed by atoms with van der Waals surface area (Å²) in [6.07, 6.45) is 5.56. The van der Waals surface area contributed by atoms with E-state index in [1.54, 1.807) is 17.6 Å². The molecule has 2 atom stereocenters. The molecule has 0 radical (unpaired) electrons. The minimum Gasteiger partial charge on any atom is -0.495 e. The molecular formula is C28H40N4O2. The minimum absolute atomic E-state index is 0.0666. The van der Waals surface area contributed by atoms with Crippen LogP contribution < -0.4 is 20.1 Å².